The Kier molecular flexibility index (Phi) is 7.18. The summed E-state index contributed by atoms with van der Waals surface area (Å²) in [4.78, 5) is 22.8. The summed E-state index contributed by atoms with van der Waals surface area (Å²) < 4.78 is 10.9. The first kappa shape index (κ1) is 21.8. The minimum absolute atomic E-state index is 0.00104. The minimum Gasteiger partial charge on any atom is -0.496 e. The average molecular weight is 440 g/mol. The third kappa shape index (κ3) is 5.80. The molecule has 0 saturated heterocycles. The van der Waals surface area contributed by atoms with E-state index in [-0.39, 0.29) is 17.0 Å². The highest BCUT2D eigenvalue weighted by atomic mass is 35.5. The van der Waals surface area contributed by atoms with Crippen LogP contribution in [0.15, 0.2) is 71.8 Å². The van der Waals surface area contributed by atoms with Gasteiger partial charge in [-0.2, -0.15) is 5.10 Å². The highest BCUT2D eigenvalue weighted by Gasteiger charge is 2.17. The van der Waals surface area contributed by atoms with Crippen molar-refractivity contribution in [1.29, 1.82) is 0 Å². The fourth-order valence-electron chi connectivity index (χ4n) is 2.67. The van der Waals surface area contributed by atoms with E-state index in [0.717, 1.165) is 11.6 Å². The second-order valence-corrected chi connectivity index (χ2v) is 6.73. The molecule has 0 radical (unpaired) electrons. The highest BCUT2D eigenvalue weighted by Crippen LogP contribution is 2.24. The van der Waals surface area contributed by atoms with Gasteiger partial charge in [0.1, 0.15) is 18.1 Å². The van der Waals surface area contributed by atoms with Crippen LogP contribution in [-0.2, 0) is 6.61 Å². The number of non-ortho nitro benzene ring substituents is 1. The van der Waals surface area contributed by atoms with Gasteiger partial charge in [-0.3, -0.25) is 14.9 Å². The van der Waals surface area contributed by atoms with Crippen LogP contribution in [0.4, 0.5) is 5.69 Å². The quantitative estimate of drug-likeness (QED) is 0.314. The van der Waals surface area contributed by atoms with Crippen LogP contribution in [-0.4, -0.2) is 24.2 Å². The molecule has 0 aliphatic rings. The third-order valence-corrected chi connectivity index (χ3v) is 4.49. The van der Waals surface area contributed by atoms with Crippen molar-refractivity contribution in [2.45, 2.75) is 6.61 Å². The van der Waals surface area contributed by atoms with Crippen molar-refractivity contribution in [2.24, 2.45) is 5.10 Å². The molecule has 1 amide bonds. The van der Waals surface area contributed by atoms with Gasteiger partial charge in [-0.25, -0.2) is 5.43 Å². The zero-order valence-corrected chi connectivity index (χ0v) is 17.2. The number of halogens is 1. The van der Waals surface area contributed by atoms with E-state index in [4.69, 9.17) is 21.1 Å². The molecular weight excluding hydrogens is 422 g/mol. The number of rotatable bonds is 8. The van der Waals surface area contributed by atoms with E-state index >= 15 is 0 Å². The molecule has 0 fully saturated rings. The fraction of sp³-hybridized carbons (Fsp3) is 0.0909. The van der Waals surface area contributed by atoms with Crippen molar-refractivity contribution in [2.75, 3.05) is 7.11 Å². The lowest BCUT2D eigenvalue weighted by atomic mass is 10.1. The van der Waals surface area contributed by atoms with Gasteiger partial charge >= 0.3 is 0 Å². The number of hydrogen-bond donors (Lipinski definition) is 1. The molecule has 3 rings (SSSR count). The second kappa shape index (κ2) is 10.2. The Morgan fingerprint density at radius 2 is 1.87 bits per heavy atom. The minimum atomic E-state index is -0.642. The number of nitrogens with zero attached hydrogens (tertiary/aromatic N) is 2. The molecule has 0 aliphatic heterocycles. The molecule has 0 aromatic heterocycles. The van der Waals surface area contributed by atoms with Crippen LogP contribution in [0.5, 0.6) is 11.5 Å². The molecule has 9 heteroatoms. The number of carbonyl (C=O) groups excluding carboxylic acids is 1. The van der Waals surface area contributed by atoms with Crippen LogP contribution in [0.1, 0.15) is 21.5 Å². The molecule has 8 nitrogen and oxygen atoms in total. The number of nitro benzene ring substituents is 1. The lowest BCUT2D eigenvalue weighted by molar-refractivity contribution is -0.384. The number of carbonyl (C=O) groups is 1. The molecule has 3 aromatic rings. The lowest BCUT2D eigenvalue weighted by Crippen LogP contribution is -2.18. The molecule has 31 heavy (non-hydrogen) atoms. The van der Waals surface area contributed by atoms with Gasteiger partial charge in [-0.05, 0) is 35.9 Å². The van der Waals surface area contributed by atoms with Crippen molar-refractivity contribution in [3.05, 3.63) is 98.6 Å². The van der Waals surface area contributed by atoms with Crippen LogP contribution in [0.3, 0.4) is 0 Å². The van der Waals surface area contributed by atoms with Crippen LogP contribution in [0.2, 0.25) is 5.02 Å². The van der Waals surface area contributed by atoms with E-state index in [0.29, 0.717) is 22.9 Å². The number of nitro groups is 1. The van der Waals surface area contributed by atoms with E-state index < -0.39 is 10.8 Å². The molecule has 0 spiro atoms. The first-order valence-corrected chi connectivity index (χ1v) is 9.48. The topological polar surface area (TPSA) is 103 Å². The molecule has 1 N–H and O–H groups in total. The van der Waals surface area contributed by atoms with Gasteiger partial charge < -0.3 is 9.47 Å². The van der Waals surface area contributed by atoms with E-state index in [1.807, 2.05) is 24.3 Å². The zero-order chi connectivity index (χ0) is 22.2. The molecule has 0 aliphatic carbocycles. The van der Waals surface area contributed by atoms with E-state index in [9.17, 15) is 14.9 Å². The predicted molar refractivity (Wildman–Crippen MR) is 117 cm³/mol. The first-order valence-electron chi connectivity index (χ1n) is 9.10. The number of hydrogen-bond acceptors (Lipinski definition) is 6. The van der Waals surface area contributed by atoms with Crippen molar-refractivity contribution in [3.8, 4) is 11.5 Å². The number of methoxy groups -OCH3 is 1. The Balaban J connectivity index is 1.70. The molecule has 0 unspecified atom stereocenters. The summed E-state index contributed by atoms with van der Waals surface area (Å²) in [5.41, 5.74) is 3.72. The van der Waals surface area contributed by atoms with Crippen molar-refractivity contribution >= 4 is 29.4 Å². The van der Waals surface area contributed by atoms with Crippen LogP contribution in [0, 0.1) is 10.1 Å². The molecule has 158 valence electrons. The fourth-order valence-corrected chi connectivity index (χ4v) is 2.79. The van der Waals surface area contributed by atoms with Crippen molar-refractivity contribution < 1.29 is 19.2 Å². The normalized spacial score (nSPS) is 10.6. The summed E-state index contributed by atoms with van der Waals surface area (Å²) in [6.45, 7) is 0.333. The van der Waals surface area contributed by atoms with Gasteiger partial charge in [0.15, 0.2) is 0 Å². The third-order valence-electron chi connectivity index (χ3n) is 4.23. The zero-order valence-electron chi connectivity index (χ0n) is 16.4. The monoisotopic (exact) mass is 439 g/mol. The summed E-state index contributed by atoms with van der Waals surface area (Å²) in [5.74, 6) is 0.129. The maximum absolute atomic E-state index is 12.4. The van der Waals surface area contributed by atoms with Gasteiger partial charge in [0.05, 0.1) is 23.8 Å². The predicted octanol–water partition coefficient (Wildman–Crippen LogP) is 4.60. The van der Waals surface area contributed by atoms with E-state index in [1.54, 1.807) is 24.3 Å². The Hall–Kier alpha value is -3.91. The van der Waals surface area contributed by atoms with E-state index in [2.05, 4.69) is 10.5 Å². The van der Waals surface area contributed by atoms with Crippen molar-refractivity contribution in [3.63, 3.8) is 0 Å². The maximum atomic E-state index is 12.4. The van der Waals surface area contributed by atoms with Gasteiger partial charge in [-0.15, -0.1) is 0 Å². The first-order chi connectivity index (χ1) is 15.0. The number of para-hydroxylation sites is 1. The van der Waals surface area contributed by atoms with Gasteiger partial charge in [-0.1, -0.05) is 35.9 Å². The number of ether oxygens (including phenoxy) is 2. The Morgan fingerprint density at radius 1 is 1.13 bits per heavy atom. The number of amides is 1. The van der Waals surface area contributed by atoms with Gasteiger partial charge in [0.2, 0.25) is 0 Å². The molecule has 0 heterocycles. The summed E-state index contributed by atoms with van der Waals surface area (Å²) >= 11 is 5.89. The summed E-state index contributed by atoms with van der Waals surface area (Å²) in [5, 5.41) is 15.6. The summed E-state index contributed by atoms with van der Waals surface area (Å²) in [6.07, 6.45) is 1.43. The van der Waals surface area contributed by atoms with Gasteiger partial charge in [0, 0.05) is 22.7 Å². The van der Waals surface area contributed by atoms with Crippen LogP contribution in [0.25, 0.3) is 0 Å². The number of benzene rings is 3. The maximum Gasteiger partial charge on any atom is 0.275 e. The smallest absolute Gasteiger partial charge is 0.275 e. The van der Waals surface area contributed by atoms with Crippen LogP contribution >= 0.6 is 11.6 Å². The van der Waals surface area contributed by atoms with Crippen molar-refractivity contribution in [1.82, 2.24) is 5.43 Å². The Bertz CT molecular complexity index is 1120. The SMILES string of the molecule is COc1ccc([N+](=O)[O-])cc1C(=O)N/N=C\c1ccccc1OCc1ccc(Cl)cc1. The summed E-state index contributed by atoms with van der Waals surface area (Å²) in [7, 11) is 1.37. The average Bonchev–Trinajstić information content (AvgIpc) is 2.78. The van der Waals surface area contributed by atoms with E-state index in [1.165, 1.54) is 25.5 Å². The lowest BCUT2D eigenvalue weighted by Gasteiger charge is -2.09. The molecule has 0 bridgehead atoms. The largest absolute Gasteiger partial charge is 0.496 e. The number of hydrazone groups is 1. The number of nitrogens with one attached hydrogen (secondary N) is 1. The molecular formula is C22H18ClN3O5. The highest BCUT2D eigenvalue weighted by molar-refractivity contribution is 6.30. The Labute approximate surface area is 183 Å². The van der Waals surface area contributed by atoms with Gasteiger partial charge in [0.25, 0.3) is 11.6 Å². The molecule has 3 aromatic carbocycles. The standard InChI is InChI=1S/C22H18ClN3O5/c1-30-21-11-10-18(26(28)29)12-19(21)22(27)25-24-13-16-4-2-3-5-20(16)31-14-15-6-8-17(23)9-7-15/h2-13H,14H2,1H3,(H,25,27)/b24-13-. The summed E-state index contributed by atoms with van der Waals surface area (Å²) in [6, 6.07) is 18.2. The molecule has 0 atom stereocenters. The van der Waals surface area contributed by atoms with Crippen LogP contribution < -0.4 is 14.9 Å². The second-order valence-electron chi connectivity index (χ2n) is 6.29. The molecule has 0 saturated carbocycles. The Morgan fingerprint density at radius 3 is 2.58 bits per heavy atom.